The number of nitrogens with one attached hydrogen (secondary N) is 1. The summed E-state index contributed by atoms with van der Waals surface area (Å²) >= 11 is 0. The van der Waals surface area contributed by atoms with Crippen molar-refractivity contribution in [3.63, 3.8) is 0 Å². The van der Waals surface area contributed by atoms with Crippen molar-refractivity contribution in [2.24, 2.45) is 0 Å². The van der Waals surface area contributed by atoms with Crippen LogP contribution in [0.25, 0.3) is 0 Å². The fourth-order valence-electron chi connectivity index (χ4n) is 1.35. The van der Waals surface area contributed by atoms with E-state index in [-0.39, 0.29) is 0 Å². The van der Waals surface area contributed by atoms with E-state index in [1.807, 2.05) is 0 Å². The molecule has 0 bridgehead atoms. The second kappa shape index (κ2) is 12.9. The van der Waals surface area contributed by atoms with Crippen LogP contribution in [-0.2, 0) is 9.47 Å². The van der Waals surface area contributed by atoms with Gasteiger partial charge in [0.05, 0.1) is 13.2 Å². The molecule has 0 fully saturated rings. The summed E-state index contributed by atoms with van der Waals surface area (Å²) < 4.78 is 10.3. The van der Waals surface area contributed by atoms with Gasteiger partial charge in [-0.05, 0) is 53.0 Å². The lowest BCUT2D eigenvalue weighted by Gasteiger charge is -2.09. The molecule has 4 nitrogen and oxygen atoms in total. The van der Waals surface area contributed by atoms with E-state index in [0.717, 1.165) is 26.1 Å². The minimum Gasteiger partial charge on any atom is -0.382 e. The van der Waals surface area contributed by atoms with Crippen LogP contribution in [0.4, 0.5) is 0 Å². The van der Waals surface area contributed by atoms with Gasteiger partial charge < -0.3 is 19.7 Å². The monoisotopic (exact) mass is 232 g/mol. The van der Waals surface area contributed by atoms with Crippen LogP contribution >= 0.6 is 0 Å². The van der Waals surface area contributed by atoms with Gasteiger partial charge in [-0.3, -0.25) is 0 Å². The van der Waals surface area contributed by atoms with E-state index >= 15 is 0 Å². The van der Waals surface area contributed by atoms with Crippen LogP contribution in [0.15, 0.2) is 0 Å². The van der Waals surface area contributed by atoms with Crippen molar-refractivity contribution < 1.29 is 9.47 Å². The van der Waals surface area contributed by atoms with Crippen LogP contribution in [0.3, 0.4) is 0 Å². The molecule has 1 N–H and O–H groups in total. The molecule has 0 saturated heterocycles. The fourth-order valence-corrected chi connectivity index (χ4v) is 1.35. The van der Waals surface area contributed by atoms with Crippen molar-refractivity contribution in [3.05, 3.63) is 0 Å². The Morgan fingerprint density at radius 1 is 0.938 bits per heavy atom. The molecule has 0 aliphatic carbocycles. The maximum atomic E-state index is 5.36. The first-order valence-corrected chi connectivity index (χ1v) is 6.19. The second-order valence-corrected chi connectivity index (χ2v) is 4.22. The number of nitrogens with zero attached hydrogens (tertiary/aromatic N) is 1. The predicted molar refractivity (Wildman–Crippen MR) is 68.0 cm³/mol. The van der Waals surface area contributed by atoms with Crippen LogP contribution in [0, 0.1) is 0 Å². The van der Waals surface area contributed by atoms with E-state index in [4.69, 9.17) is 9.47 Å². The molecule has 4 heteroatoms. The molecular formula is C12H28N2O2. The predicted octanol–water partition coefficient (Wildman–Crippen LogP) is 0.971. The van der Waals surface area contributed by atoms with Crippen molar-refractivity contribution in [2.45, 2.75) is 19.3 Å². The molecule has 0 spiro atoms. The number of hydrogen-bond acceptors (Lipinski definition) is 4. The summed E-state index contributed by atoms with van der Waals surface area (Å²) in [5.41, 5.74) is 0. The second-order valence-electron chi connectivity index (χ2n) is 4.22. The Bertz CT molecular complexity index is 132. The topological polar surface area (TPSA) is 33.7 Å². The van der Waals surface area contributed by atoms with E-state index in [2.05, 4.69) is 24.3 Å². The third-order valence-corrected chi connectivity index (χ3v) is 2.28. The summed E-state index contributed by atoms with van der Waals surface area (Å²) in [6.45, 7) is 5.58. The molecule has 0 aromatic heterocycles. The zero-order valence-corrected chi connectivity index (χ0v) is 11.1. The zero-order chi connectivity index (χ0) is 12.1. The molecular weight excluding hydrogens is 204 g/mol. The van der Waals surface area contributed by atoms with Gasteiger partial charge in [0.1, 0.15) is 0 Å². The highest BCUT2D eigenvalue weighted by molar-refractivity contribution is 4.50. The Morgan fingerprint density at radius 3 is 2.38 bits per heavy atom. The number of methoxy groups -OCH3 is 1. The Hall–Kier alpha value is -0.160. The van der Waals surface area contributed by atoms with Gasteiger partial charge in [0.2, 0.25) is 0 Å². The molecule has 0 aromatic rings. The highest BCUT2D eigenvalue weighted by atomic mass is 16.5. The third kappa shape index (κ3) is 13.8. The van der Waals surface area contributed by atoms with Gasteiger partial charge in [0, 0.05) is 13.7 Å². The van der Waals surface area contributed by atoms with Crippen LogP contribution < -0.4 is 5.32 Å². The lowest BCUT2D eigenvalue weighted by Crippen LogP contribution is -2.20. The van der Waals surface area contributed by atoms with E-state index < -0.39 is 0 Å². The highest BCUT2D eigenvalue weighted by Crippen LogP contribution is 1.89. The zero-order valence-electron chi connectivity index (χ0n) is 11.1. The molecule has 0 aromatic carbocycles. The van der Waals surface area contributed by atoms with E-state index in [0.29, 0.717) is 13.2 Å². The number of rotatable bonds is 12. The Kier molecular flexibility index (Phi) is 12.8. The average Bonchev–Trinajstić information content (AvgIpc) is 2.25. The van der Waals surface area contributed by atoms with Crippen LogP contribution in [0.5, 0.6) is 0 Å². The smallest absolute Gasteiger partial charge is 0.0700 e. The van der Waals surface area contributed by atoms with Crippen molar-refractivity contribution in [1.82, 2.24) is 10.2 Å². The Balaban J connectivity index is 2.88. The Morgan fingerprint density at radius 2 is 1.69 bits per heavy atom. The molecule has 0 saturated carbocycles. The van der Waals surface area contributed by atoms with Crippen molar-refractivity contribution in [1.29, 1.82) is 0 Å². The summed E-state index contributed by atoms with van der Waals surface area (Å²) in [6.07, 6.45) is 3.60. The lowest BCUT2D eigenvalue weighted by atomic mass is 10.3. The van der Waals surface area contributed by atoms with Crippen LogP contribution in [-0.4, -0.2) is 65.6 Å². The van der Waals surface area contributed by atoms with Gasteiger partial charge in [-0.2, -0.15) is 0 Å². The SMILES string of the molecule is COCCOCCCNCCCCN(C)C. The molecule has 0 aliphatic heterocycles. The highest BCUT2D eigenvalue weighted by Gasteiger charge is 1.92. The molecule has 0 aliphatic rings. The van der Waals surface area contributed by atoms with Crippen molar-refractivity contribution in [2.75, 3.05) is 60.7 Å². The van der Waals surface area contributed by atoms with Gasteiger partial charge >= 0.3 is 0 Å². The summed E-state index contributed by atoms with van der Waals surface area (Å²) in [4.78, 5) is 2.23. The maximum Gasteiger partial charge on any atom is 0.0700 e. The molecule has 0 heterocycles. The van der Waals surface area contributed by atoms with Crippen LogP contribution in [0.2, 0.25) is 0 Å². The summed E-state index contributed by atoms with van der Waals surface area (Å²) in [5, 5.41) is 3.42. The number of unbranched alkanes of at least 4 members (excludes halogenated alkanes) is 1. The first kappa shape index (κ1) is 15.8. The number of hydrogen-bond donors (Lipinski definition) is 1. The van der Waals surface area contributed by atoms with E-state index in [1.165, 1.54) is 19.4 Å². The first-order chi connectivity index (χ1) is 7.77. The average molecular weight is 232 g/mol. The summed E-state index contributed by atoms with van der Waals surface area (Å²) in [6, 6.07) is 0. The van der Waals surface area contributed by atoms with Crippen molar-refractivity contribution >= 4 is 0 Å². The molecule has 0 unspecified atom stereocenters. The standard InChI is InChI=1S/C12H28N2O2/c1-14(2)9-5-4-7-13-8-6-10-16-12-11-15-3/h13H,4-12H2,1-3H3. The Labute approximate surface area is 100 Å². The van der Waals surface area contributed by atoms with Gasteiger partial charge in [-0.25, -0.2) is 0 Å². The van der Waals surface area contributed by atoms with Crippen molar-refractivity contribution in [3.8, 4) is 0 Å². The maximum absolute atomic E-state index is 5.36. The normalized spacial score (nSPS) is 11.2. The summed E-state index contributed by atoms with van der Waals surface area (Å²) in [5.74, 6) is 0. The quantitative estimate of drug-likeness (QED) is 0.508. The van der Waals surface area contributed by atoms with Gasteiger partial charge in [-0.1, -0.05) is 0 Å². The minimum atomic E-state index is 0.692. The molecule has 0 radical (unpaired) electrons. The van der Waals surface area contributed by atoms with E-state index in [9.17, 15) is 0 Å². The van der Waals surface area contributed by atoms with Gasteiger partial charge in [0.25, 0.3) is 0 Å². The van der Waals surface area contributed by atoms with Gasteiger partial charge in [-0.15, -0.1) is 0 Å². The molecule has 0 amide bonds. The van der Waals surface area contributed by atoms with E-state index in [1.54, 1.807) is 7.11 Å². The minimum absolute atomic E-state index is 0.692. The molecule has 16 heavy (non-hydrogen) atoms. The van der Waals surface area contributed by atoms with Gasteiger partial charge in [0.15, 0.2) is 0 Å². The third-order valence-electron chi connectivity index (χ3n) is 2.28. The summed E-state index contributed by atoms with van der Waals surface area (Å²) in [7, 11) is 5.92. The first-order valence-electron chi connectivity index (χ1n) is 6.19. The van der Waals surface area contributed by atoms with Crippen LogP contribution in [0.1, 0.15) is 19.3 Å². The largest absolute Gasteiger partial charge is 0.382 e. The molecule has 98 valence electrons. The number of ether oxygens (including phenoxy) is 2. The molecule has 0 atom stereocenters. The fraction of sp³-hybridized carbons (Fsp3) is 1.00. The lowest BCUT2D eigenvalue weighted by molar-refractivity contribution is 0.0695. The molecule has 0 rings (SSSR count).